The highest BCUT2D eigenvalue weighted by molar-refractivity contribution is 5.85. The first kappa shape index (κ1) is 10.3. The molecule has 0 bridgehead atoms. The SMILES string of the molecule is Cl.O=c1cc(C2CCNCC2)o[nH]1. The topological polar surface area (TPSA) is 58.0 Å². The van der Waals surface area contributed by atoms with Crippen molar-refractivity contribution in [3.8, 4) is 0 Å². The first-order valence-electron chi connectivity index (χ1n) is 4.25. The van der Waals surface area contributed by atoms with Crippen molar-refractivity contribution in [3.63, 3.8) is 0 Å². The molecule has 2 N–H and O–H groups in total. The zero-order valence-electron chi connectivity index (χ0n) is 7.21. The Hall–Kier alpha value is -0.740. The third-order valence-electron chi connectivity index (χ3n) is 2.28. The molecule has 0 aliphatic carbocycles. The summed E-state index contributed by atoms with van der Waals surface area (Å²) < 4.78 is 5.04. The van der Waals surface area contributed by atoms with Crippen molar-refractivity contribution in [2.24, 2.45) is 0 Å². The molecule has 2 heterocycles. The largest absolute Gasteiger partial charge is 0.383 e. The smallest absolute Gasteiger partial charge is 0.280 e. The summed E-state index contributed by atoms with van der Waals surface area (Å²) in [6, 6.07) is 1.55. The Kier molecular flexibility index (Phi) is 3.57. The van der Waals surface area contributed by atoms with E-state index in [1.165, 1.54) is 0 Å². The van der Waals surface area contributed by atoms with Crippen molar-refractivity contribution in [1.29, 1.82) is 0 Å². The lowest BCUT2D eigenvalue weighted by atomic mass is 9.96. The number of hydrogen-bond donors (Lipinski definition) is 2. The quantitative estimate of drug-likeness (QED) is 0.714. The van der Waals surface area contributed by atoms with Gasteiger partial charge in [-0.3, -0.25) is 4.79 Å². The maximum Gasteiger partial charge on any atom is 0.280 e. The predicted molar refractivity (Wildman–Crippen MR) is 51.4 cm³/mol. The van der Waals surface area contributed by atoms with Crippen LogP contribution in [0.5, 0.6) is 0 Å². The summed E-state index contributed by atoms with van der Waals surface area (Å²) in [5.41, 5.74) is -0.136. The van der Waals surface area contributed by atoms with Gasteiger partial charge in [0.2, 0.25) is 0 Å². The normalized spacial score (nSPS) is 18.2. The molecule has 1 aliphatic heterocycles. The second-order valence-corrected chi connectivity index (χ2v) is 3.14. The molecule has 1 aliphatic rings. The summed E-state index contributed by atoms with van der Waals surface area (Å²) in [6.45, 7) is 2.03. The lowest BCUT2D eigenvalue weighted by molar-refractivity contribution is 0.325. The van der Waals surface area contributed by atoms with Crippen molar-refractivity contribution in [1.82, 2.24) is 10.5 Å². The van der Waals surface area contributed by atoms with Gasteiger partial charge in [0.05, 0.1) is 0 Å². The summed E-state index contributed by atoms with van der Waals surface area (Å²) in [6.07, 6.45) is 2.11. The molecule has 13 heavy (non-hydrogen) atoms. The molecule has 0 radical (unpaired) electrons. The molecule has 0 unspecified atom stereocenters. The molecule has 74 valence electrons. The Labute approximate surface area is 82.1 Å². The third kappa shape index (κ3) is 2.35. The van der Waals surface area contributed by atoms with Gasteiger partial charge >= 0.3 is 0 Å². The van der Waals surface area contributed by atoms with Gasteiger partial charge in [-0.25, -0.2) is 0 Å². The lowest BCUT2D eigenvalue weighted by Crippen LogP contribution is -2.26. The molecule has 0 atom stereocenters. The highest BCUT2D eigenvalue weighted by Crippen LogP contribution is 2.23. The third-order valence-corrected chi connectivity index (χ3v) is 2.28. The molecule has 1 aromatic heterocycles. The average Bonchev–Trinajstić information content (AvgIpc) is 2.54. The number of piperidine rings is 1. The van der Waals surface area contributed by atoms with Gasteiger partial charge in [0.15, 0.2) is 0 Å². The van der Waals surface area contributed by atoms with Gasteiger partial charge in [-0.05, 0) is 25.9 Å². The zero-order chi connectivity index (χ0) is 8.39. The van der Waals surface area contributed by atoms with Crippen LogP contribution in [0.15, 0.2) is 15.4 Å². The molecule has 4 nitrogen and oxygen atoms in total. The Morgan fingerprint density at radius 3 is 2.62 bits per heavy atom. The number of H-pyrrole nitrogens is 1. The van der Waals surface area contributed by atoms with Gasteiger partial charge in [-0.1, -0.05) is 0 Å². The number of aromatic nitrogens is 1. The van der Waals surface area contributed by atoms with E-state index < -0.39 is 0 Å². The van der Waals surface area contributed by atoms with E-state index >= 15 is 0 Å². The van der Waals surface area contributed by atoms with Gasteiger partial charge in [0.1, 0.15) is 5.76 Å². The Balaban J connectivity index is 0.000000845. The Morgan fingerprint density at radius 1 is 1.38 bits per heavy atom. The predicted octanol–water partition coefficient (Wildman–Crippen LogP) is 0.857. The molecule has 1 aromatic rings. The maximum absolute atomic E-state index is 10.8. The van der Waals surface area contributed by atoms with E-state index in [0.29, 0.717) is 5.92 Å². The minimum absolute atomic E-state index is 0. The maximum atomic E-state index is 10.8. The lowest BCUT2D eigenvalue weighted by Gasteiger charge is -2.19. The zero-order valence-corrected chi connectivity index (χ0v) is 8.02. The molecule has 1 fully saturated rings. The summed E-state index contributed by atoms with van der Waals surface area (Å²) in [5, 5.41) is 5.58. The van der Waals surface area contributed by atoms with Gasteiger partial charge in [-0.2, -0.15) is 5.16 Å². The van der Waals surface area contributed by atoms with E-state index in [4.69, 9.17) is 4.52 Å². The number of aromatic amines is 1. The fraction of sp³-hybridized carbons (Fsp3) is 0.625. The number of rotatable bonds is 1. The van der Waals surface area contributed by atoms with Crippen LogP contribution in [0.3, 0.4) is 0 Å². The van der Waals surface area contributed by atoms with Crippen LogP contribution in [0, 0.1) is 0 Å². The molecule has 2 rings (SSSR count). The van der Waals surface area contributed by atoms with Crippen molar-refractivity contribution in [3.05, 3.63) is 22.2 Å². The average molecular weight is 205 g/mol. The molecule has 0 saturated carbocycles. The molecule has 0 spiro atoms. The van der Waals surface area contributed by atoms with Crippen LogP contribution in [0.2, 0.25) is 0 Å². The standard InChI is InChI=1S/C8H12N2O2.ClH/c11-8-5-7(12-10-8)6-1-3-9-4-2-6;/h5-6,9H,1-4H2,(H,10,11);1H. The van der Waals surface area contributed by atoms with Crippen molar-refractivity contribution in [2.75, 3.05) is 13.1 Å². The van der Waals surface area contributed by atoms with E-state index in [2.05, 4.69) is 10.5 Å². The second-order valence-electron chi connectivity index (χ2n) is 3.14. The van der Waals surface area contributed by atoms with E-state index in [1.807, 2.05) is 0 Å². The van der Waals surface area contributed by atoms with Crippen molar-refractivity contribution in [2.45, 2.75) is 18.8 Å². The van der Waals surface area contributed by atoms with Crippen LogP contribution in [-0.2, 0) is 0 Å². The molecule has 0 amide bonds. The van der Waals surface area contributed by atoms with Crippen LogP contribution in [0.1, 0.15) is 24.5 Å². The van der Waals surface area contributed by atoms with E-state index in [1.54, 1.807) is 6.07 Å². The van der Waals surface area contributed by atoms with Gasteiger partial charge < -0.3 is 9.84 Å². The van der Waals surface area contributed by atoms with Crippen LogP contribution < -0.4 is 10.9 Å². The molecule has 0 aromatic carbocycles. The van der Waals surface area contributed by atoms with Crippen LogP contribution in [-0.4, -0.2) is 18.2 Å². The highest BCUT2D eigenvalue weighted by Gasteiger charge is 2.18. The summed E-state index contributed by atoms with van der Waals surface area (Å²) in [4.78, 5) is 10.8. The molecular formula is C8H13ClN2O2. The van der Waals surface area contributed by atoms with Gasteiger partial charge in [-0.15, -0.1) is 12.4 Å². The summed E-state index contributed by atoms with van der Waals surface area (Å²) >= 11 is 0. The minimum Gasteiger partial charge on any atom is -0.383 e. The minimum atomic E-state index is -0.136. The Morgan fingerprint density at radius 2 is 2.08 bits per heavy atom. The monoisotopic (exact) mass is 204 g/mol. The molecular weight excluding hydrogens is 192 g/mol. The molecule has 5 heteroatoms. The van der Waals surface area contributed by atoms with Gasteiger partial charge in [0, 0.05) is 12.0 Å². The number of halogens is 1. The first-order chi connectivity index (χ1) is 5.86. The number of hydrogen-bond acceptors (Lipinski definition) is 3. The fourth-order valence-electron chi connectivity index (χ4n) is 1.60. The second kappa shape index (κ2) is 4.48. The van der Waals surface area contributed by atoms with Crippen LogP contribution in [0.4, 0.5) is 0 Å². The van der Waals surface area contributed by atoms with Crippen LogP contribution in [0.25, 0.3) is 0 Å². The van der Waals surface area contributed by atoms with Gasteiger partial charge in [0.25, 0.3) is 5.56 Å². The van der Waals surface area contributed by atoms with Crippen LogP contribution >= 0.6 is 12.4 Å². The number of nitrogens with one attached hydrogen (secondary N) is 2. The fourth-order valence-corrected chi connectivity index (χ4v) is 1.60. The first-order valence-corrected chi connectivity index (χ1v) is 4.25. The summed E-state index contributed by atoms with van der Waals surface area (Å²) in [5.74, 6) is 1.23. The van der Waals surface area contributed by atoms with E-state index in [9.17, 15) is 4.79 Å². The Bertz CT molecular complexity index is 301. The van der Waals surface area contributed by atoms with E-state index in [0.717, 1.165) is 31.7 Å². The van der Waals surface area contributed by atoms with Crippen molar-refractivity contribution < 1.29 is 4.52 Å². The molecule has 1 saturated heterocycles. The summed E-state index contributed by atoms with van der Waals surface area (Å²) in [7, 11) is 0. The van der Waals surface area contributed by atoms with Crippen molar-refractivity contribution >= 4 is 12.4 Å². The van der Waals surface area contributed by atoms with E-state index in [-0.39, 0.29) is 18.0 Å². The highest BCUT2D eigenvalue weighted by atomic mass is 35.5.